The van der Waals surface area contributed by atoms with Crippen LogP contribution in [0.2, 0.25) is 0 Å². The third kappa shape index (κ3) is 38.9. The first-order chi connectivity index (χ1) is 44.1. The second-order valence-electron chi connectivity index (χ2n) is 16.0. The van der Waals surface area contributed by atoms with E-state index >= 15 is 0 Å². The number of nitrogens with one attached hydrogen (secondary N) is 7. The van der Waals surface area contributed by atoms with Gasteiger partial charge in [-0.05, 0) is 0 Å². The van der Waals surface area contributed by atoms with Crippen LogP contribution in [0.5, 0.6) is 0 Å². The number of urea groups is 2. The van der Waals surface area contributed by atoms with Gasteiger partial charge in [-0.25, -0.2) is 28.8 Å². The summed E-state index contributed by atoms with van der Waals surface area (Å²) >= 11 is 2.31. The van der Waals surface area contributed by atoms with Gasteiger partial charge in [-0.3, -0.25) is 58.2 Å². The molecule has 57 heteroatoms. The number of H-pyrrole nitrogens is 4. The molecule has 0 aromatic carbocycles. The first kappa shape index (κ1) is 101. The first-order valence-electron chi connectivity index (χ1n) is 23.4. The van der Waals surface area contributed by atoms with E-state index in [1.165, 1.54) is 14.2 Å². The molecule has 0 saturated carbocycles. The molecule has 564 valence electrons. The molecule has 10 atom stereocenters. The van der Waals surface area contributed by atoms with Crippen LogP contribution in [0.15, 0.2) is 47.0 Å². The molecule has 3 aliphatic heterocycles. The number of nitrogens with zero attached hydrogens (tertiary/aromatic N) is 2. The number of phosphoric ester groups is 1. The summed E-state index contributed by atoms with van der Waals surface area (Å²) < 4.78 is 46.2. The van der Waals surface area contributed by atoms with E-state index in [2.05, 4.69) is 36.5 Å². The predicted molar refractivity (Wildman–Crippen MR) is 273 cm³/mol. The summed E-state index contributed by atoms with van der Waals surface area (Å²) in [6.45, 7) is -0.332. The third-order valence-electron chi connectivity index (χ3n) is 9.65. The zero-order valence-corrected chi connectivity index (χ0v) is 51.5. The molecule has 0 spiro atoms. The fraction of sp³-hybridized carbons (Fsp3) is 0.390. The number of amides is 6. The van der Waals surface area contributed by atoms with E-state index in [1.54, 1.807) is 5.32 Å². The molecule has 4 unspecified atom stereocenters. The number of aliphatic carboxylic acids is 3. The fourth-order valence-corrected chi connectivity index (χ4v) is 6.52. The zero-order valence-electron chi connectivity index (χ0n) is 49.5. The van der Waals surface area contributed by atoms with Crippen molar-refractivity contribution < 1.29 is 217 Å². The quantitative estimate of drug-likeness (QED) is 0.0208. The maximum absolute atomic E-state index is 11.8. The minimum atomic E-state index is -5.20. The topological polar surface area (TPSA) is 955 Å². The van der Waals surface area contributed by atoms with Crippen LogP contribution in [0.3, 0.4) is 0 Å². The van der Waals surface area contributed by atoms with Gasteiger partial charge >= 0.3 is 66.9 Å². The Kier molecular flexibility index (Phi) is 53.6. The van der Waals surface area contributed by atoms with E-state index in [1.807, 2.05) is 30.6 Å². The molecule has 22 N–H and O–H groups in total. The average Bonchev–Trinajstić information content (AvgIpc) is 1.58. The molecule has 6 amide bonds. The van der Waals surface area contributed by atoms with Gasteiger partial charge in [0.2, 0.25) is 7.34 Å². The Balaban J connectivity index is -0.000000140. The van der Waals surface area contributed by atoms with Crippen molar-refractivity contribution in [2.24, 2.45) is 11.5 Å². The van der Waals surface area contributed by atoms with E-state index < -0.39 is 186 Å². The van der Waals surface area contributed by atoms with Gasteiger partial charge in [0.15, 0.2) is 12.5 Å². The Hall–Kier alpha value is -10.3. The number of methoxy groups -OCH3 is 2. The SMILES string of the molecule is COC[C@H]1O[C@@H](n2c(C(=O)[O-])cc(=O)[nH]c2=O)[C@@H](O)C1O.COC[C@H]1O[C@@H](n2c(C(=O)[O-])cc(=O)[nH]c2=O)[C@@H](O)C1O.NC(=O)NC(CC(=O)O)C(=O)[O-].NC(=O)OP(=O)([O-])[O-].O.O.O=C([O-])c1cc(=O)[nH]c(=O)[nH]1.O=C1CC(C(=O)[O-])NC(=O)N1.O=C=O.O=CO[O-].[2HH].[2H]O.[CH3-].[Co].[O]=[Co]. The van der Waals surface area contributed by atoms with Crippen molar-refractivity contribution in [1.82, 2.24) is 45.0 Å². The van der Waals surface area contributed by atoms with Gasteiger partial charge in [0, 0.05) is 50.6 Å². The summed E-state index contributed by atoms with van der Waals surface area (Å²) in [4.78, 5) is 223. The zero-order chi connectivity index (χ0) is 75.0. The average molecular weight is 1540 g/mol. The number of hydrogen-bond donors (Lipinski definition) is 14. The monoisotopic (exact) mass is 1540 g/mol. The number of aliphatic hydroxyl groups excluding tert-OH is 4. The molecular weight excluding hydrogens is 1480 g/mol. The number of carboxylic acids is 6. The molecule has 6 rings (SSSR count). The summed E-state index contributed by atoms with van der Waals surface area (Å²) in [6.07, 6.45) is -13.2. The van der Waals surface area contributed by atoms with Crippen molar-refractivity contribution in [3.8, 4) is 0 Å². The molecule has 3 aromatic heterocycles. The van der Waals surface area contributed by atoms with Gasteiger partial charge in [-0.15, -0.1) is 0 Å². The molecule has 0 bridgehead atoms. The van der Waals surface area contributed by atoms with E-state index in [0.717, 1.165) is 6.07 Å². The molecular formula is C41H55Co2N11O43P-9. The Labute approximate surface area is 559 Å². The Morgan fingerprint density at radius 2 is 1.13 bits per heavy atom. The molecule has 3 fully saturated rings. The standard InChI is InChI=1S/2C11H14N2O8.C5H8N2O5.C5H6N2O4.C5H4N2O4.CH4NO5P.CH2O3.CO2.CH3.2Co.3H2O.O.H2/c2*1-20-3-5-7(15)8(16)9(21-5)13-4(10(17)18)2-6(14)12-11(13)19;6-5(12)7-2(4(10)11)1-3(8)9;2*8-3-1-2(4(9)10)6-5(11)7-3;2-1(3)7-8(4,5)6;2-1-4-3;2-1-3;;;;;;;;/h2*2,5,7-9,15-16H,3H2,1H3,(H,17,18)(H,12,14,19);2H,1H2,(H,8,9)(H,10,11)(H3,6,7,12);2H,1H2,(H,9,10)(H2,6,7,8,11);1H,(H,9,10)(H2,6,7,8,11);(H2,2,3)(H2,4,5,6);1,3H;;1H3;;;3*1H2;;1H/q;;;;;;;;-1;;;;;;;/p-8/t2*5-,7?,8+,9-;;;;;;;;;;;;;;/m11............../s1/i;;;;;;;;;;;;;;;1+1/hD. The second-order valence-corrected chi connectivity index (χ2v) is 17.0. The van der Waals surface area contributed by atoms with Crippen molar-refractivity contribution in [3.63, 3.8) is 0 Å². The normalized spacial score (nSPS) is 18.8. The number of phosphoric acid groups is 1. The fourth-order valence-electron chi connectivity index (χ4n) is 6.30. The number of aromatic nitrogens is 6. The van der Waals surface area contributed by atoms with E-state index in [9.17, 15) is 137 Å². The van der Waals surface area contributed by atoms with Crippen LogP contribution >= 0.6 is 7.82 Å². The van der Waals surface area contributed by atoms with Crippen molar-refractivity contribution in [1.29, 1.82) is 0 Å². The molecule has 54 nitrogen and oxygen atoms in total. The first-order valence-corrected chi connectivity index (χ1v) is 24.8. The van der Waals surface area contributed by atoms with Gasteiger partial charge in [0.25, 0.3) is 23.2 Å². The molecule has 6 heterocycles. The Morgan fingerprint density at radius 1 is 0.755 bits per heavy atom. The summed E-state index contributed by atoms with van der Waals surface area (Å²) in [7, 11) is -2.51. The van der Waals surface area contributed by atoms with E-state index in [-0.39, 0.29) is 68.8 Å². The second kappa shape index (κ2) is 51.9. The number of carboxylic acid groups (broad SMARTS) is 6. The summed E-state index contributed by atoms with van der Waals surface area (Å²) in [5.74, 6) is -10.3. The number of aromatic carboxylic acids is 3. The van der Waals surface area contributed by atoms with Crippen LogP contribution in [-0.2, 0) is 103 Å². The van der Waals surface area contributed by atoms with Crippen LogP contribution in [0.1, 0.15) is 59.6 Å². The summed E-state index contributed by atoms with van der Waals surface area (Å²) in [6, 6.07) is -2.69. The number of carbonyl (C=O) groups excluding carboxylic acids is 12. The van der Waals surface area contributed by atoms with Gasteiger partial charge in [-0.2, -0.15) is 9.59 Å². The molecule has 3 aromatic rings. The number of aliphatic hydroxyl groups is 4. The van der Waals surface area contributed by atoms with Gasteiger partial charge in [0.1, 0.15) is 44.4 Å². The third-order valence-corrected chi connectivity index (χ3v) is 10.1. The predicted octanol–water partition coefficient (Wildman–Crippen LogP) is -21.8. The van der Waals surface area contributed by atoms with Crippen LogP contribution in [0.25, 0.3) is 0 Å². The molecule has 98 heavy (non-hydrogen) atoms. The Bertz CT molecular complexity index is 3390. The van der Waals surface area contributed by atoms with Crippen LogP contribution in [0, 0.1) is 7.43 Å². The maximum atomic E-state index is 11.8. The van der Waals surface area contributed by atoms with Crippen LogP contribution in [0.4, 0.5) is 14.4 Å². The minimum absolute atomic E-state index is 0. The van der Waals surface area contributed by atoms with Crippen molar-refractivity contribution >= 4 is 80.3 Å². The molecule has 3 saturated heterocycles. The van der Waals surface area contributed by atoms with Gasteiger partial charge in [0.05, 0.1) is 85.1 Å². The number of aromatic amines is 4. The summed E-state index contributed by atoms with van der Waals surface area (Å²) in [5.41, 5.74) is 7.20. The number of nitrogens with two attached hydrogens (primary N) is 2. The van der Waals surface area contributed by atoms with E-state index in [0.29, 0.717) is 21.3 Å². The molecule has 0 aliphatic carbocycles. The number of rotatable bonds is 16. The van der Waals surface area contributed by atoms with Crippen molar-refractivity contribution in [2.75, 3.05) is 27.4 Å². The van der Waals surface area contributed by atoms with Gasteiger partial charge in [-0.1, -0.05) is 0 Å². The number of imide groups is 1. The number of primary amides is 2. The van der Waals surface area contributed by atoms with E-state index in [4.69, 9.17) is 54.5 Å². The van der Waals surface area contributed by atoms with Crippen molar-refractivity contribution in [3.05, 3.63) is 105 Å². The van der Waals surface area contributed by atoms with Crippen LogP contribution < -0.4 is 102 Å². The van der Waals surface area contributed by atoms with Crippen LogP contribution in [-0.4, -0.2) is 220 Å². The molecule has 1 radical (unpaired) electrons. The molecule has 3 aliphatic rings. The number of carbonyl (C=O) groups is 11. The van der Waals surface area contributed by atoms with Crippen molar-refractivity contribution in [2.45, 2.75) is 74.0 Å². The number of hydrogen-bond acceptors (Lipinski definition) is 39. The number of ether oxygens (including phenoxy) is 4. The Morgan fingerprint density at radius 3 is 1.39 bits per heavy atom. The van der Waals surface area contributed by atoms with Gasteiger partial charge < -0.3 is 174 Å². The summed E-state index contributed by atoms with van der Waals surface area (Å²) in [5, 5.41) is 114.